The van der Waals surface area contributed by atoms with Crippen molar-refractivity contribution in [2.75, 3.05) is 6.61 Å². The topological polar surface area (TPSA) is 107 Å². The number of alkyl halides is 6. The predicted molar refractivity (Wildman–Crippen MR) is 140 cm³/mol. The second-order valence-corrected chi connectivity index (χ2v) is 9.62. The van der Waals surface area contributed by atoms with Crippen molar-refractivity contribution in [1.29, 1.82) is 0 Å². The largest absolute Gasteiger partial charge is 0.416 e. The average molecular weight is 622 g/mol. The number of aliphatic hydroxyl groups is 1. The van der Waals surface area contributed by atoms with Crippen LogP contribution in [0.4, 0.5) is 26.3 Å². The Hall–Kier alpha value is -4.56. The van der Waals surface area contributed by atoms with Gasteiger partial charge in [-0.05, 0) is 48.0 Å². The molecule has 0 bridgehead atoms. The molecule has 43 heavy (non-hydrogen) atoms. The number of nitrogens with zero attached hydrogens (tertiary/aromatic N) is 5. The van der Waals surface area contributed by atoms with Crippen LogP contribution in [0, 0.1) is 0 Å². The molecule has 0 unspecified atom stereocenters. The Kier molecular flexibility index (Phi) is 8.08. The summed E-state index contributed by atoms with van der Waals surface area (Å²) in [7, 11) is 0. The van der Waals surface area contributed by atoms with E-state index in [4.69, 9.17) is 16.1 Å². The van der Waals surface area contributed by atoms with Crippen LogP contribution in [0.1, 0.15) is 38.3 Å². The third kappa shape index (κ3) is 6.15. The molecule has 5 aromatic rings. The summed E-state index contributed by atoms with van der Waals surface area (Å²) < 4.78 is 87.7. The summed E-state index contributed by atoms with van der Waals surface area (Å²) in [6.07, 6.45) is -7.38. The molecule has 2 aromatic carbocycles. The molecule has 1 N–H and O–H groups in total. The van der Waals surface area contributed by atoms with Crippen LogP contribution < -0.4 is 0 Å². The number of carbonyl (C=O) groups is 1. The fourth-order valence-electron chi connectivity index (χ4n) is 4.43. The highest BCUT2D eigenvalue weighted by Crippen LogP contribution is 2.38. The highest BCUT2D eigenvalue weighted by Gasteiger charge is 2.37. The Bertz CT molecular complexity index is 1750. The van der Waals surface area contributed by atoms with Gasteiger partial charge in [-0.25, -0.2) is 4.68 Å². The molecule has 5 rings (SSSR count). The highest BCUT2D eigenvalue weighted by molar-refractivity contribution is 6.35. The molecule has 3 heterocycles. The summed E-state index contributed by atoms with van der Waals surface area (Å²) in [6.45, 7) is -0.959. The lowest BCUT2D eigenvalue weighted by Crippen LogP contribution is -2.13. The lowest BCUT2D eigenvalue weighted by atomic mass is 9.97. The number of pyridine rings is 1. The third-order valence-corrected chi connectivity index (χ3v) is 6.67. The number of aliphatic hydroxyl groups excluding tert-OH is 1. The van der Waals surface area contributed by atoms with E-state index >= 15 is 0 Å². The minimum Gasteiger partial charge on any atom is -0.396 e. The van der Waals surface area contributed by atoms with Crippen LogP contribution in [0.5, 0.6) is 0 Å². The highest BCUT2D eigenvalue weighted by atomic mass is 35.5. The SMILES string of the molecule is O=C(c1ccccc1Cl)c1c(CCO)noc1-c1nnn(Cc2cc(C(F)(F)F)cc(C(F)(F)F)c2)c1-c1ccncc1. The summed E-state index contributed by atoms with van der Waals surface area (Å²) in [5.41, 5.74) is -2.90. The Morgan fingerprint density at radius 2 is 1.60 bits per heavy atom. The predicted octanol–water partition coefficient (Wildman–Crippen LogP) is 6.50. The Labute approximate surface area is 243 Å². The Morgan fingerprint density at radius 3 is 2.21 bits per heavy atom. The summed E-state index contributed by atoms with van der Waals surface area (Å²) in [5.74, 6) is -0.806. The molecule has 3 aromatic heterocycles. The van der Waals surface area contributed by atoms with Crippen molar-refractivity contribution in [1.82, 2.24) is 25.1 Å². The van der Waals surface area contributed by atoms with Gasteiger partial charge in [-0.3, -0.25) is 9.78 Å². The van der Waals surface area contributed by atoms with Crippen LogP contribution in [0.2, 0.25) is 5.02 Å². The van der Waals surface area contributed by atoms with Crippen LogP contribution in [0.3, 0.4) is 0 Å². The number of aromatic nitrogens is 5. The Balaban J connectivity index is 1.69. The third-order valence-electron chi connectivity index (χ3n) is 6.34. The van der Waals surface area contributed by atoms with Gasteiger partial charge in [-0.1, -0.05) is 34.1 Å². The van der Waals surface area contributed by atoms with Crippen molar-refractivity contribution in [2.24, 2.45) is 0 Å². The van der Waals surface area contributed by atoms with E-state index in [9.17, 15) is 36.2 Å². The maximum Gasteiger partial charge on any atom is 0.416 e. The van der Waals surface area contributed by atoms with Gasteiger partial charge >= 0.3 is 12.4 Å². The van der Waals surface area contributed by atoms with Gasteiger partial charge in [0.15, 0.2) is 11.5 Å². The fourth-order valence-corrected chi connectivity index (χ4v) is 4.65. The summed E-state index contributed by atoms with van der Waals surface area (Å²) in [5, 5.41) is 21.7. The minimum atomic E-state index is -5.05. The monoisotopic (exact) mass is 621 g/mol. The number of halogens is 7. The zero-order chi connectivity index (χ0) is 30.9. The molecule has 0 saturated heterocycles. The summed E-state index contributed by atoms with van der Waals surface area (Å²) in [6, 6.07) is 10.4. The molecule has 15 heteroatoms. The molecule has 0 aliphatic rings. The molecule has 8 nitrogen and oxygen atoms in total. The second kappa shape index (κ2) is 11.6. The van der Waals surface area contributed by atoms with E-state index in [0.29, 0.717) is 17.7 Å². The maximum atomic E-state index is 13.7. The number of hydrogen-bond donors (Lipinski definition) is 1. The maximum absolute atomic E-state index is 13.7. The zero-order valence-electron chi connectivity index (χ0n) is 21.6. The lowest BCUT2D eigenvalue weighted by Gasteiger charge is -2.15. The minimum absolute atomic E-state index is 0.0316. The molecule has 0 atom stereocenters. The van der Waals surface area contributed by atoms with Crippen LogP contribution in [-0.2, 0) is 25.3 Å². The Morgan fingerprint density at radius 1 is 0.953 bits per heavy atom. The average Bonchev–Trinajstić information content (AvgIpc) is 3.56. The van der Waals surface area contributed by atoms with E-state index in [1.165, 1.54) is 36.7 Å². The van der Waals surface area contributed by atoms with Crippen LogP contribution in [0.15, 0.2) is 71.5 Å². The van der Waals surface area contributed by atoms with E-state index in [1.54, 1.807) is 12.1 Å². The molecule has 0 radical (unpaired) electrons. The molecule has 0 fully saturated rings. The summed E-state index contributed by atoms with van der Waals surface area (Å²) >= 11 is 6.25. The second-order valence-electron chi connectivity index (χ2n) is 9.21. The van der Waals surface area contributed by atoms with Gasteiger partial charge < -0.3 is 9.63 Å². The van der Waals surface area contributed by atoms with Crippen molar-refractivity contribution < 1.29 is 40.8 Å². The van der Waals surface area contributed by atoms with E-state index in [0.717, 1.165) is 4.68 Å². The van der Waals surface area contributed by atoms with Gasteiger partial charge in [-0.15, -0.1) is 5.10 Å². The molecule has 222 valence electrons. The molecule has 0 spiro atoms. The van der Waals surface area contributed by atoms with Crippen molar-refractivity contribution in [3.05, 3.63) is 106 Å². The van der Waals surface area contributed by atoms with E-state index in [2.05, 4.69) is 20.5 Å². The van der Waals surface area contributed by atoms with Gasteiger partial charge in [0.2, 0.25) is 5.76 Å². The van der Waals surface area contributed by atoms with Gasteiger partial charge in [0.05, 0.1) is 34.0 Å². The number of carbonyl (C=O) groups excluding carboxylic acids is 1. The van der Waals surface area contributed by atoms with Crippen LogP contribution >= 0.6 is 11.6 Å². The molecular formula is C28H18ClF6N5O3. The number of hydrogen-bond acceptors (Lipinski definition) is 7. The standard InChI is InChI=1S/C28H18ClF6N5O3/c29-20-4-2-1-3-19(20)25(42)22-21(7-10-41)38-43-26(22)23-24(16-5-8-36-9-6-16)40(39-37-23)14-15-11-17(27(30,31)32)13-18(12-15)28(33,34)35/h1-6,8-9,11-13,41H,7,10,14H2. The van der Waals surface area contributed by atoms with Crippen LogP contribution in [-0.4, -0.2) is 42.6 Å². The van der Waals surface area contributed by atoms with Crippen molar-refractivity contribution in [2.45, 2.75) is 25.3 Å². The van der Waals surface area contributed by atoms with Crippen molar-refractivity contribution in [3.8, 4) is 22.7 Å². The fraction of sp³-hybridized carbons (Fsp3) is 0.179. The zero-order valence-corrected chi connectivity index (χ0v) is 22.4. The van der Waals surface area contributed by atoms with Crippen molar-refractivity contribution in [3.63, 3.8) is 0 Å². The molecule has 0 amide bonds. The first-order chi connectivity index (χ1) is 20.4. The van der Waals surface area contributed by atoms with E-state index in [-0.39, 0.29) is 57.0 Å². The normalized spacial score (nSPS) is 12.1. The molecule has 0 saturated carbocycles. The smallest absolute Gasteiger partial charge is 0.396 e. The summed E-state index contributed by atoms with van der Waals surface area (Å²) in [4.78, 5) is 17.6. The van der Waals surface area contributed by atoms with Crippen LogP contribution in [0.25, 0.3) is 22.7 Å². The van der Waals surface area contributed by atoms with Gasteiger partial charge in [0, 0.05) is 36.5 Å². The number of ketones is 1. The van der Waals surface area contributed by atoms with Gasteiger partial charge in [0.1, 0.15) is 5.69 Å². The number of rotatable bonds is 8. The number of benzene rings is 2. The van der Waals surface area contributed by atoms with Gasteiger partial charge in [-0.2, -0.15) is 26.3 Å². The van der Waals surface area contributed by atoms with E-state index < -0.39 is 42.4 Å². The molecule has 0 aliphatic heterocycles. The first-order valence-electron chi connectivity index (χ1n) is 12.4. The van der Waals surface area contributed by atoms with Crippen molar-refractivity contribution >= 4 is 17.4 Å². The molecular weight excluding hydrogens is 604 g/mol. The first-order valence-corrected chi connectivity index (χ1v) is 12.8. The lowest BCUT2D eigenvalue weighted by molar-refractivity contribution is -0.143. The van der Waals surface area contributed by atoms with Gasteiger partial charge in [0.25, 0.3) is 0 Å². The quantitative estimate of drug-likeness (QED) is 0.156. The first kappa shape index (κ1) is 29.9. The molecule has 0 aliphatic carbocycles. The van der Waals surface area contributed by atoms with E-state index in [1.807, 2.05) is 0 Å².